The van der Waals surface area contributed by atoms with Crippen molar-refractivity contribution in [1.82, 2.24) is 9.97 Å². The van der Waals surface area contributed by atoms with Crippen molar-refractivity contribution in [2.24, 2.45) is 0 Å². The maximum atomic E-state index is 8.84. The van der Waals surface area contributed by atoms with Gasteiger partial charge in [-0.05, 0) is 36.6 Å². The van der Waals surface area contributed by atoms with E-state index in [0.29, 0.717) is 12.4 Å². The number of nitrogens with zero attached hydrogens (tertiary/aromatic N) is 3. The molecule has 0 unspecified atom stereocenters. The third-order valence-corrected chi connectivity index (χ3v) is 3.64. The molecule has 0 bridgehead atoms. The van der Waals surface area contributed by atoms with Crippen LogP contribution >= 0.6 is 15.9 Å². The topological polar surface area (TPSA) is 49.2 Å². The van der Waals surface area contributed by atoms with Crippen molar-refractivity contribution < 1.29 is 5.11 Å². The van der Waals surface area contributed by atoms with Crippen LogP contribution in [0.1, 0.15) is 12.0 Å². The lowest BCUT2D eigenvalue weighted by molar-refractivity contribution is 0.290. The molecule has 2 rings (SSSR count). The molecule has 0 aliphatic rings. The monoisotopic (exact) mass is 335 g/mol. The molecule has 1 heterocycles. The number of aliphatic hydroxyl groups is 1. The Morgan fingerprint density at radius 3 is 2.60 bits per heavy atom. The molecule has 0 aliphatic heterocycles. The van der Waals surface area contributed by atoms with Gasteiger partial charge in [-0.3, -0.25) is 0 Å². The highest BCUT2D eigenvalue weighted by Crippen LogP contribution is 2.26. The summed E-state index contributed by atoms with van der Waals surface area (Å²) in [5, 5.41) is 8.84. The van der Waals surface area contributed by atoms with Crippen molar-refractivity contribution in [3.63, 3.8) is 0 Å². The van der Waals surface area contributed by atoms with Crippen LogP contribution in [0, 0.1) is 6.92 Å². The van der Waals surface area contributed by atoms with E-state index in [1.807, 2.05) is 30.4 Å². The van der Waals surface area contributed by atoms with Gasteiger partial charge in [0.05, 0.1) is 0 Å². The summed E-state index contributed by atoms with van der Waals surface area (Å²) in [5.74, 6) is 0.676. The average Bonchev–Trinajstić information content (AvgIpc) is 2.47. The summed E-state index contributed by atoms with van der Waals surface area (Å²) < 4.78 is 1.04. The summed E-state index contributed by atoms with van der Waals surface area (Å²) in [6.07, 6.45) is 4.39. The first-order valence-corrected chi connectivity index (χ1v) is 7.31. The highest BCUT2D eigenvalue weighted by Gasteiger charge is 2.07. The minimum absolute atomic E-state index is 0.180. The number of aryl methyl sites for hydroxylation is 1. The Morgan fingerprint density at radius 2 is 1.95 bits per heavy atom. The first-order valence-electron chi connectivity index (χ1n) is 6.52. The van der Waals surface area contributed by atoms with Gasteiger partial charge in [-0.2, -0.15) is 0 Å². The molecule has 0 amide bonds. The number of aliphatic hydroxyl groups excluding tert-OH is 1. The normalized spacial score (nSPS) is 10.6. The van der Waals surface area contributed by atoms with Crippen molar-refractivity contribution in [3.8, 4) is 11.1 Å². The summed E-state index contributed by atoms with van der Waals surface area (Å²) in [5.41, 5.74) is 3.32. The molecule has 0 aliphatic carbocycles. The molecule has 20 heavy (non-hydrogen) atoms. The zero-order chi connectivity index (χ0) is 14.5. The van der Waals surface area contributed by atoms with E-state index in [1.165, 1.54) is 5.56 Å². The van der Waals surface area contributed by atoms with Crippen LogP contribution in [0.15, 0.2) is 35.1 Å². The predicted octanol–water partition coefficient (Wildman–Crippen LogP) is 3.03. The van der Waals surface area contributed by atoms with Gasteiger partial charge in [-0.15, -0.1) is 0 Å². The third kappa shape index (κ3) is 3.55. The number of hydrogen-bond acceptors (Lipinski definition) is 4. The van der Waals surface area contributed by atoms with E-state index in [-0.39, 0.29) is 6.61 Å². The second-order valence-corrected chi connectivity index (χ2v) is 5.65. The van der Waals surface area contributed by atoms with Crippen molar-refractivity contribution in [1.29, 1.82) is 0 Å². The van der Waals surface area contributed by atoms with Crippen molar-refractivity contribution >= 4 is 21.9 Å². The summed E-state index contributed by atoms with van der Waals surface area (Å²) in [6.45, 7) is 2.99. The molecule has 1 aromatic carbocycles. The molecule has 0 atom stereocenters. The maximum absolute atomic E-state index is 8.84. The summed E-state index contributed by atoms with van der Waals surface area (Å²) >= 11 is 3.49. The molecule has 5 heteroatoms. The van der Waals surface area contributed by atoms with Crippen LogP contribution in [0.25, 0.3) is 11.1 Å². The van der Waals surface area contributed by atoms with E-state index in [4.69, 9.17) is 5.11 Å². The van der Waals surface area contributed by atoms with E-state index in [0.717, 1.165) is 22.1 Å². The second kappa shape index (κ2) is 6.81. The number of halogens is 1. The van der Waals surface area contributed by atoms with Crippen LogP contribution < -0.4 is 4.90 Å². The molecule has 0 fully saturated rings. The highest BCUT2D eigenvalue weighted by molar-refractivity contribution is 9.10. The van der Waals surface area contributed by atoms with Crippen LogP contribution in [-0.4, -0.2) is 35.3 Å². The van der Waals surface area contributed by atoms with E-state index >= 15 is 0 Å². The molecule has 0 spiro atoms. The van der Waals surface area contributed by atoms with E-state index in [2.05, 4.69) is 45.0 Å². The van der Waals surface area contributed by atoms with Gasteiger partial charge in [0, 0.05) is 42.6 Å². The Labute approximate surface area is 127 Å². The quantitative estimate of drug-likeness (QED) is 0.912. The minimum atomic E-state index is 0.180. The maximum Gasteiger partial charge on any atom is 0.225 e. The largest absolute Gasteiger partial charge is 0.396 e. The molecular weight excluding hydrogens is 318 g/mol. The Morgan fingerprint density at radius 1 is 1.25 bits per heavy atom. The fourth-order valence-electron chi connectivity index (χ4n) is 1.97. The SMILES string of the molecule is Cc1ccc(Br)cc1-c1cnc(N(C)CCCO)nc1. The fraction of sp³-hybridized carbons (Fsp3) is 0.333. The first-order chi connectivity index (χ1) is 9.61. The number of aromatic nitrogens is 2. The zero-order valence-electron chi connectivity index (χ0n) is 11.7. The molecule has 4 nitrogen and oxygen atoms in total. The van der Waals surface area contributed by atoms with Gasteiger partial charge in [-0.25, -0.2) is 9.97 Å². The number of rotatable bonds is 5. The zero-order valence-corrected chi connectivity index (χ0v) is 13.3. The first kappa shape index (κ1) is 14.9. The summed E-state index contributed by atoms with van der Waals surface area (Å²) in [4.78, 5) is 10.7. The summed E-state index contributed by atoms with van der Waals surface area (Å²) in [7, 11) is 1.93. The lowest BCUT2D eigenvalue weighted by Gasteiger charge is -2.16. The van der Waals surface area contributed by atoms with Gasteiger partial charge in [0.25, 0.3) is 0 Å². The smallest absolute Gasteiger partial charge is 0.225 e. The van der Waals surface area contributed by atoms with Gasteiger partial charge < -0.3 is 10.0 Å². The standard InChI is InChI=1S/C15H18BrN3O/c1-11-4-5-13(16)8-14(11)12-9-17-15(18-10-12)19(2)6-3-7-20/h4-5,8-10,20H,3,6-7H2,1-2H3. The molecule has 0 saturated heterocycles. The molecule has 2 aromatic rings. The molecule has 106 valence electrons. The third-order valence-electron chi connectivity index (χ3n) is 3.14. The highest BCUT2D eigenvalue weighted by atomic mass is 79.9. The predicted molar refractivity (Wildman–Crippen MR) is 84.9 cm³/mol. The number of anilines is 1. The van der Waals surface area contributed by atoms with Crippen molar-refractivity contribution in [2.45, 2.75) is 13.3 Å². The number of hydrogen-bond donors (Lipinski definition) is 1. The fourth-order valence-corrected chi connectivity index (χ4v) is 2.33. The van der Waals surface area contributed by atoms with Crippen LogP contribution in [0.5, 0.6) is 0 Å². The molecular formula is C15H18BrN3O. The Balaban J connectivity index is 2.21. The van der Waals surface area contributed by atoms with Crippen LogP contribution in [0.4, 0.5) is 5.95 Å². The van der Waals surface area contributed by atoms with Crippen LogP contribution in [0.2, 0.25) is 0 Å². The van der Waals surface area contributed by atoms with Gasteiger partial charge >= 0.3 is 0 Å². The summed E-state index contributed by atoms with van der Waals surface area (Å²) in [6, 6.07) is 6.17. The lowest BCUT2D eigenvalue weighted by atomic mass is 10.0. The van der Waals surface area contributed by atoms with Gasteiger partial charge in [-0.1, -0.05) is 22.0 Å². The molecule has 0 saturated carbocycles. The van der Waals surface area contributed by atoms with Crippen LogP contribution in [0.3, 0.4) is 0 Å². The van der Waals surface area contributed by atoms with Gasteiger partial charge in [0.15, 0.2) is 0 Å². The molecule has 1 aromatic heterocycles. The van der Waals surface area contributed by atoms with Crippen molar-refractivity contribution in [2.75, 3.05) is 25.1 Å². The Bertz CT molecular complexity index is 572. The van der Waals surface area contributed by atoms with Gasteiger partial charge in [0.2, 0.25) is 5.95 Å². The Kier molecular flexibility index (Phi) is 5.09. The van der Waals surface area contributed by atoms with E-state index in [9.17, 15) is 0 Å². The van der Waals surface area contributed by atoms with Crippen molar-refractivity contribution in [3.05, 3.63) is 40.6 Å². The molecule has 0 radical (unpaired) electrons. The lowest BCUT2D eigenvalue weighted by Crippen LogP contribution is -2.21. The van der Waals surface area contributed by atoms with E-state index < -0.39 is 0 Å². The minimum Gasteiger partial charge on any atom is -0.396 e. The Hall–Kier alpha value is -1.46. The molecule has 1 N–H and O–H groups in total. The van der Waals surface area contributed by atoms with Crippen LogP contribution in [-0.2, 0) is 0 Å². The van der Waals surface area contributed by atoms with E-state index in [1.54, 1.807) is 0 Å². The van der Waals surface area contributed by atoms with Gasteiger partial charge in [0.1, 0.15) is 0 Å². The second-order valence-electron chi connectivity index (χ2n) is 4.73. The number of benzene rings is 1. The average molecular weight is 336 g/mol.